The fraction of sp³-hybridized carbons (Fsp3) is 0.640. The van der Waals surface area contributed by atoms with Crippen molar-refractivity contribution in [2.45, 2.75) is 103 Å². The van der Waals surface area contributed by atoms with Gasteiger partial charge in [0.05, 0.1) is 6.04 Å². The molecule has 2 rings (SSSR count). The number of ether oxygens (including phenoxy) is 3. The summed E-state index contributed by atoms with van der Waals surface area (Å²) in [5, 5.41) is 3.03. The van der Waals surface area contributed by atoms with Gasteiger partial charge >= 0.3 is 6.09 Å². The lowest BCUT2D eigenvalue weighted by Gasteiger charge is -2.29. The number of benzene rings is 1. The summed E-state index contributed by atoms with van der Waals surface area (Å²) in [6, 6.07) is 9.76. The molecule has 30 heavy (non-hydrogen) atoms. The van der Waals surface area contributed by atoms with Crippen LogP contribution in [0.2, 0.25) is 0 Å². The van der Waals surface area contributed by atoms with Gasteiger partial charge in [0.2, 0.25) is 0 Å². The van der Waals surface area contributed by atoms with E-state index in [0.717, 1.165) is 24.8 Å². The first-order valence-corrected chi connectivity index (χ1v) is 10.9. The van der Waals surface area contributed by atoms with Crippen LogP contribution in [-0.4, -0.2) is 35.7 Å². The number of unbranched alkanes of at least 4 members (excludes halogenated alkanes) is 2. The molecule has 5 heteroatoms. The van der Waals surface area contributed by atoms with Gasteiger partial charge in [-0.3, -0.25) is 0 Å². The van der Waals surface area contributed by atoms with Crippen LogP contribution in [0.4, 0.5) is 4.79 Å². The van der Waals surface area contributed by atoms with Gasteiger partial charge in [0.15, 0.2) is 5.79 Å². The molecule has 3 atom stereocenters. The fourth-order valence-corrected chi connectivity index (χ4v) is 3.46. The number of nitrogens with one attached hydrogen (secondary N) is 1. The van der Waals surface area contributed by atoms with E-state index in [0.29, 0.717) is 12.8 Å². The van der Waals surface area contributed by atoms with Gasteiger partial charge in [0.1, 0.15) is 17.8 Å². The van der Waals surface area contributed by atoms with E-state index >= 15 is 0 Å². The van der Waals surface area contributed by atoms with E-state index in [1.807, 2.05) is 65.0 Å². The summed E-state index contributed by atoms with van der Waals surface area (Å²) >= 11 is 0. The number of carbonyl (C=O) groups excluding carboxylic acids is 1. The van der Waals surface area contributed by atoms with Crippen LogP contribution in [0.25, 0.3) is 0 Å². The van der Waals surface area contributed by atoms with Gasteiger partial charge in [0.25, 0.3) is 0 Å². The van der Waals surface area contributed by atoms with Crippen molar-refractivity contribution >= 4 is 6.09 Å². The van der Waals surface area contributed by atoms with E-state index in [-0.39, 0.29) is 18.2 Å². The molecule has 0 spiro atoms. The number of hydrogen-bond acceptors (Lipinski definition) is 4. The Hall–Kier alpha value is -2.03. The minimum Gasteiger partial charge on any atom is -0.444 e. The van der Waals surface area contributed by atoms with E-state index in [9.17, 15) is 4.79 Å². The lowest BCUT2D eigenvalue weighted by Crippen LogP contribution is -2.50. The molecule has 1 N–H and O–H groups in total. The Labute approximate surface area is 181 Å². The lowest BCUT2D eigenvalue weighted by atomic mass is 9.96. The number of hydrogen-bond donors (Lipinski definition) is 1. The van der Waals surface area contributed by atoms with Crippen LogP contribution in [0.5, 0.6) is 0 Å². The lowest BCUT2D eigenvalue weighted by molar-refractivity contribution is -0.148. The second kappa shape index (κ2) is 10.8. The van der Waals surface area contributed by atoms with Crippen molar-refractivity contribution in [3.8, 4) is 11.8 Å². The van der Waals surface area contributed by atoms with Crippen LogP contribution in [0.1, 0.15) is 72.8 Å². The van der Waals surface area contributed by atoms with Crippen LogP contribution in [-0.2, 0) is 20.6 Å². The highest BCUT2D eigenvalue weighted by Gasteiger charge is 2.45. The highest BCUT2D eigenvalue weighted by molar-refractivity contribution is 5.68. The van der Waals surface area contributed by atoms with Crippen molar-refractivity contribution in [2.24, 2.45) is 0 Å². The maximum absolute atomic E-state index is 12.6. The van der Waals surface area contributed by atoms with Crippen LogP contribution in [0.3, 0.4) is 0 Å². The van der Waals surface area contributed by atoms with Crippen LogP contribution >= 0.6 is 0 Å². The maximum Gasteiger partial charge on any atom is 0.407 e. The molecule has 1 aromatic carbocycles. The molecular weight excluding hydrogens is 378 g/mol. The number of alkyl carbamates (subject to hydrolysis) is 1. The summed E-state index contributed by atoms with van der Waals surface area (Å²) in [7, 11) is 0. The minimum absolute atomic E-state index is 0.224. The summed E-state index contributed by atoms with van der Waals surface area (Å²) < 4.78 is 17.9. The summed E-state index contributed by atoms with van der Waals surface area (Å²) in [5.41, 5.74) is 0.539. The second-order valence-corrected chi connectivity index (χ2v) is 9.24. The standard InChI is InChI=1S/C25H37NO4/c1-7-8-9-10-14-17-21-22(29-25(5,6)28-21)20(18-19-15-12-11-13-16-19)26-23(27)30-24(2,3)4/h11-13,15-16,20-22H,7-9,17-18H2,1-6H3,(H,26,27)/t20-,21-,22-/m0/s1. The van der Waals surface area contributed by atoms with E-state index in [1.165, 1.54) is 0 Å². The Balaban J connectivity index is 2.19. The first-order valence-electron chi connectivity index (χ1n) is 10.9. The van der Waals surface area contributed by atoms with Gasteiger partial charge in [0, 0.05) is 12.8 Å². The number of rotatable bonds is 7. The number of amides is 1. The molecule has 5 nitrogen and oxygen atoms in total. The predicted octanol–water partition coefficient (Wildman–Crippen LogP) is 5.23. The minimum atomic E-state index is -0.731. The molecule has 166 valence electrons. The molecule has 0 aliphatic carbocycles. The van der Waals surface area contributed by atoms with Crippen molar-refractivity contribution in [1.29, 1.82) is 0 Å². The average Bonchev–Trinajstić information content (AvgIpc) is 2.95. The SMILES string of the molecule is CCCCC#CC[C@@H]1OC(C)(C)O[C@H]1[C@H](Cc1ccccc1)NC(=O)OC(C)(C)C. The quantitative estimate of drug-likeness (QED) is 0.490. The Morgan fingerprint density at radius 1 is 1.20 bits per heavy atom. The van der Waals surface area contributed by atoms with Gasteiger partial charge in [-0.25, -0.2) is 4.79 Å². The van der Waals surface area contributed by atoms with Gasteiger partial charge in [-0.1, -0.05) is 43.7 Å². The van der Waals surface area contributed by atoms with Gasteiger partial charge in [-0.15, -0.1) is 11.8 Å². The molecule has 0 bridgehead atoms. The van der Waals surface area contributed by atoms with E-state index in [1.54, 1.807) is 0 Å². The molecule has 1 aliphatic heterocycles. The summed E-state index contributed by atoms with van der Waals surface area (Å²) in [4.78, 5) is 12.6. The third-order valence-electron chi connectivity index (χ3n) is 4.70. The number of carbonyl (C=O) groups is 1. The molecule has 1 saturated heterocycles. The Kier molecular flexibility index (Phi) is 8.76. The summed E-state index contributed by atoms with van der Waals surface area (Å²) in [5.74, 6) is 5.73. The first-order chi connectivity index (χ1) is 14.1. The van der Waals surface area contributed by atoms with Crippen LogP contribution < -0.4 is 5.32 Å². The van der Waals surface area contributed by atoms with Crippen molar-refractivity contribution in [3.05, 3.63) is 35.9 Å². The molecule has 1 aliphatic rings. The Morgan fingerprint density at radius 3 is 2.53 bits per heavy atom. The zero-order chi connectivity index (χ0) is 22.2. The van der Waals surface area contributed by atoms with Crippen molar-refractivity contribution in [3.63, 3.8) is 0 Å². The van der Waals surface area contributed by atoms with Crippen LogP contribution in [0.15, 0.2) is 30.3 Å². The molecule has 0 saturated carbocycles. The highest BCUT2D eigenvalue weighted by Crippen LogP contribution is 2.32. The fourth-order valence-electron chi connectivity index (χ4n) is 3.46. The monoisotopic (exact) mass is 415 g/mol. The zero-order valence-corrected chi connectivity index (χ0v) is 19.3. The molecule has 0 unspecified atom stereocenters. The smallest absolute Gasteiger partial charge is 0.407 e. The second-order valence-electron chi connectivity index (χ2n) is 9.24. The average molecular weight is 416 g/mol. The maximum atomic E-state index is 12.6. The molecule has 1 heterocycles. The molecule has 1 amide bonds. The molecule has 1 aromatic rings. The Bertz CT molecular complexity index is 727. The van der Waals surface area contributed by atoms with Gasteiger partial charge in [-0.2, -0.15) is 0 Å². The molecule has 0 aromatic heterocycles. The van der Waals surface area contributed by atoms with E-state index in [2.05, 4.69) is 24.1 Å². The van der Waals surface area contributed by atoms with Gasteiger partial charge < -0.3 is 19.5 Å². The molecule has 0 radical (unpaired) electrons. The third-order valence-corrected chi connectivity index (χ3v) is 4.70. The van der Waals surface area contributed by atoms with Gasteiger partial charge in [-0.05, 0) is 53.0 Å². The molecular formula is C25H37NO4. The highest BCUT2D eigenvalue weighted by atomic mass is 16.8. The summed E-state index contributed by atoms with van der Waals surface area (Å²) in [6.45, 7) is 11.5. The van der Waals surface area contributed by atoms with Crippen LogP contribution in [0, 0.1) is 11.8 Å². The largest absolute Gasteiger partial charge is 0.444 e. The predicted molar refractivity (Wildman–Crippen MR) is 119 cm³/mol. The molecule has 1 fully saturated rings. The zero-order valence-electron chi connectivity index (χ0n) is 19.3. The van der Waals surface area contributed by atoms with E-state index in [4.69, 9.17) is 14.2 Å². The van der Waals surface area contributed by atoms with Crippen molar-refractivity contribution in [2.75, 3.05) is 0 Å². The topological polar surface area (TPSA) is 56.8 Å². The van der Waals surface area contributed by atoms with Crippen molar-refractivity contribution < 1.29 is 19.0 Å². The van der Waals surface area contributed by atoms with E-state index < -0.39 is 17.5 Å². The summed E-state index contributed by atoms with van der Waals surface area (Å²) in [6.07, 6.45) is 3.30. The Morgan fingerprint density at radius 2 is 1.90 bits per heavy atom. The third kappa shape index (κ3) is 8.38. The first kappa shape index (κ1) is 24.2. The van der Waals surface area contributed by atoms with Crippen molar-refractivity contribution in [1.82, 2.24) is 5.32 Å². The normalized spacial score (nSPS) is 21.4.